The Hall–Kier alpha value is -1.92. The van der Waals surface area contributed by atoms with Gasteiger partial charge in [0.25, 0.3) is 0 Å². The number of nitrogens with one attached hydrogen (secondary N) is 2. The number of ether oxygens (including phenoxy) is 1. The lowest BCUT2D eigenvalue weighted by atomic mass is 10.2. The Balaban J connectivity index is 1.52. The van der Waals surface area contributed by atoms with Crippen LogP contribution in [0.25, 0.3) is 0 Å². The fourth-order valence-corrected chi connectivity index (χ4v) is 2.76. The van der Waals surface area contributed by atoms with Crippen molar-refractivity contribution in [3.05, 3.63) is 29.8 Å². The second-order valence-electron chi connectivity index (χ2n) is 5.61. The Morgan fingerprint density at radius 1 is 1.36 bits per heavy atom. The molecule has 2 amide bonds. The van der Waals surface area contributed by atoms with Crippen molar-refractivity contribution in [3.63, 3.8) is 0 Å². The van der Waals surface area contributed by atoms with Gasteiger partial charge < -0.3 is 20.3 Å². The van der Waals surface area contributed by atoms with Gasteiger partial charge in [0, 0.05) is 31.7 Å². The molecule has 2 aliphatic rings. The molecule has 1 aromatic carbocycles. The van der Waals surface area contributed by atoms with Gasteiger partial charge in [0.05, 0.1) is 13.2 Å². The minimum Gasteiger partial charge on any atom is -0.378 e. The summed E-state index contributed by atoms with van der Waals surface area (Å²) >= 11 is 0. The van der Waals surface area contributed by atoms with Gasteiger partial charge in [-0.15, -0.1) is 0 Å². The Labute approximate surface area is 129 Å². The van der Waals surface area contributed by atoms with Crippen LogP contribution in [0, 0.1) is 0 Å². The number of hydrogen-bond acceptors (Lipinski definition) is 4. The summed E-state index contributed by atoms with van der Waals surface area (Å²) in [5.41, 5.74) is 1.94. The van der Waals surface area contributed by atoms with Crippen molar-refractivity contribution in [1.29, 1.82) is 0 Å². The summed E-state index contributed by atoms with van der Waals surface area (Å²) in [5, 5.41) is 6.03. The smallest absolute Gasteiger partial charge is 0.239 e. The quantitative estimate of drug-likeness (QED) is 0.845. The summed E-state index contributed by atoms with van der Waals surface area (Å²) in [4.78, 5) is 25.5. The van der Waals surface area contributed by atoms with E-state index < -0.39 is 0 Å². The van der Waals surface area contributed by atoms with E-state index in [4.69, 9.17) is 4.74 Å². The molecule has 2 fully saturated rings. The number of rotatable bonds is 4. The molecule has 2 N–H and O–H groups in total. The highest BCUT2D eigenvalue weighted by atomic mass is 16.5. The zero-order valence-electron chi connectivity index (χ0n) is 12.5. The zero-order chi connectivity index (χ0) is 15.4. The molecular weight excluding hydrogens is 282 g/mol. The summed E-state index contributed by atoms with van der Waals surface area (Å²) in [6.45, 7) is 3.05. The average molecular weight is 303 g/mol. The van der Waals surface area contributed by atoms with Crippen molar-refractivity contribution in [3.8, 4) is 0 Å². The Morgan fingerprint density at radius 3 is 2.82 bits per heavy atom. The molecule has 0 radical (unpaired) electrons. The lowest BCUT2D eigenvalue weighted by molar-refractivity contribution is -0.126. The van der Waals surface area contributed by atoms with Crippen LogP contribution in [0.15, 0.2) is 24.3 Å². The monoisotopic (exact) mass is 303 g/mol. The van der Waals surface area contributed by atoms with Gasteiger partial charge in [-0.05, 0) is 24.1 Å². The van der Waals surface area contributed by atoms with Crippen molar-refractivity contribution in [1.82, 2.24) is 10.6 Å². The van der Waals surface area contributed by atoms with Gasteiger partial charge in [0.15, 0.2) is 0 Å². The van der Waals surface area contributed by atoms with Crippen LogP contribution >= 0.6 is 0 Å². The molecule has 1 unspecified atom stereocenters. The van der Waals surface area contributed by atoms with E-state index in [0.29, 0.717) is 32.7 Å². The molecule has 3 rings (SSSR count). The number of benzene rings is 1. The first-order valence-corrected chi connectivity index (χ1v) is 7.72. The van der Waals surface area contributed by atoms with Crippen molar-refractivity contribution in [2.45, 2.75) is 25.4 Å². The average Bonchev–Trinajstić information content (AvgIpc) is 3.00. The largest absolute Gasteiger partial charge is 0.378 e. The molecule has 0 spiro atoms. The minimum absolute atomic E-state index is 0.0431. The highest BCUT2D eigenvalue weighted by Crippen LogP contribution is 2.21. The molecule has 1 atom stereocenters. The van der Waals surface area contributed by atoms with Crippen LogP contribution in [0.2, 0.25) is 0 Å². The topological polar surface area (TPSA) is 70.7 Å². The van der Waals surface area contributed by atoms with Crippen molar-refractivity contribution >= 4 is 17.5 Å². The standard InChI is InChI=1S/C16H21N3O3/c20-15-2-1-8-19(15)13-5-3-12(4-6-13)10-18-16(21)14-11-22-9-7-17-14/h3-6,14,17H,1-2,7-11H2,(H,18,21). The number of carbonyl (C=O) groups excluding carboxylic acids is 2. The first kappa shape index (κ1) is 15.0. The maximum absolute atomic E-state index is 12.0. The Kier molecular flexibility index (Phi) is 4.70. The number of hydrogen-bond donors (Lipinski definition) is 2. The molecule has 0 bridgehead atoms. The fraction of sp³-hybridized carbons (Fsp3) is 0.500. The van der Waals surface area contributed by atoms with E-state index in [1.807, 2.05) is 29.2 Å². The van der Waals surface area contributed by atoms with E-state index in [-0.39, 0.29) is 17.9 Å². The molecular formula is C16H21N3O3. The number of carbonyl (C=O) groups is 2. The molecule has 22 heavy (non-hydrogen) atoms. The van der Waals surface area contributed by atoms with E-state index in [9.17, 15) is 9.59 Å². The number of anilines is 1. The zero-order valence-corrected chi connectivity index (χ0v) is 12.5. The highest BCUT2D eigenvalue weighted by molar-refractivity contribution is 5.95. The third-order valence-electron chi connectivity index (χ3n) is 4.03. The summed E-state index contributed by atoms with van der Waals surface area (Å²) in [7, 11) is 0. The molecule has 0 saturated carbocycles. The van der Waals surface area contributed by atoms with Gasteiger partial charge in [-0.25, -0.2) is 0 Å². The van der Waals surface area contributed by atoms with E-state index in [2.05, 4.69) is 10.6 Å². The van der Waals surface area contributed by atoms with Crippen LogP contribution < -0.4 is 15.5 Å². The third kappa shape index (κ3) is 3.45. The van der Waals surface area contributed by atoms with Crippen molar-refractivity contribution in [2.24, 2.45) is 0 Å². The van der Waals surface area contributed by atoms with Gasteiger partial charge in [-0.1, -0.05) is 12.1 Å². The molecule has 2 saturated heterocycles. The van der Waals surface area contributed by atoms with Gasteiger partial charge in [0.2, 0.25) is 11.8 Å². The first-order chi connectivity index (χ1) is 10.7. The molecule has 118 valence electrons. The first-order valence-electron chi connectivity index (χ1n) is 7.72. The number of amides is 2. The summed E-state index contributed by atoms with van der Waals surface area (Å²) in [6, 6.07) is 7.51. The number of morpholine rings is 1. The summed E-state index contributed by atoms with van der Waals surface area (Å²) in [6.07, 6.45) is 1.56. The number of nitrogens with zero attached hydrogens (tertiary/aromatic N) is 1. The fourth-order valence-electron chi connectivity index (χ4n) is 2.76. The molecule has 6 heteroatoms. The van der Waals surface area contributed by atoms with Crippen LogP contribution in [0.5, 0.6) is 0 Å². The van der Waals surface area contributed by atoms with Gasteiger partial charge in [-0.2, -0.15) is 0 Å². The van der Waals surface area contributed by atoms with E-state index in [0.717, 1.165) is 24.2 Å². The molecule has 1 aromatic rings. The second-order valence-corrected chi connectivity index (χ2v) is 5.61. The Bertz CT molecular complexity index is 538. The van der Waals surface area contributed by atoms with E-state index in [1.54, 1.807) is 0 Å². The molecule has 0 aliphatic carbocycles. The maximum Gasteiger partial charge on any atom is 0.239 e. The van der Waals surface area contributed by atoms with Crippen LogP contribution in [0.3, 0.4) is 0 Å². The minimum atomic E-state index is -0.268. The highest BCUT2D eigenvalue weighted by Gasteiger charge is 2.22. The van der Waals surface area contributed by atoms with Crippen molar-refractivity contribution in [2.75, 3.05) is 31.2 Å². The van der Waals surface area contributed by atoms with E-state index in [1.165, 1.54) is 0 Å². The predicted octanol–water partition coefficient (Wildman–Crippen LogP) is 0.418. The molecule has 0 aromatic heterocycles. The molecule has 2 aliphatic heterocycles. The maximum atomic E-state index is 12.0. The van der Waals surface area contributed by atoms with Crippen LogP contribution in [-0.4, -0.2) is 44.2 Å². The molecule has 6 nitrogen and oxygen atoms in total. The summed E-state index contributed by atoms with van der Waals surface area (Å²) < 4.78 is 5.28. The van der Waals surface area contributed by atoms with Crippen molar-refractivity contribution < 1.29 is 14.3 Å². The second kappa shape index (κ2) is 6.89. The van der Waals surface area contributed by atoms with Gasteiger partial charge >= 0.3 is 0 Å². The third-order valence-corrected chi connectivity index (χ3v) is 4.03. The van der Waals surface area contributed by atoms with Gasteiger partial charge in [-0.3, -0.25) is 9.59 Å². The SMILES string of the molecule is O=C(NCc1ccc(N2CCCC2=O)cc1)C1COCCN1. The van der Waals surface area contributed by atoms with E-state index >= 15 is 0 Å². The summed E-state index contributed by atoms with van der Waals surface area (Å²) in [5.74, 6) is 0.142. The van der Waals surface area contributed by atoms with Crippen LogP contribution in [-0.2, 0) is 20.9 Å². The van der Waals surface area contributed by atoms with Gasteiger partial charge in [0.1, 0.15) is 6.04 Å². The molecule has 2 heterocycles. The predicted molar refractivity (Wildman–Crippen MR) is 82.5 cm³/mol. The Morgan fingerprint density at radius 2 is 2.18 bits per heavy atom. The normalized spacial score (nSPS) is 21.9. The lowest BCUT2D eigenvalue weighted by Crippen LogP contribution is -2.51. The van der Waals surface area contributed by atoms with Crippen LogP contribution in [0.1, 0.15) is 18.4 Å². The lowest BCUT2D eigenvalue weighted by Gasteiger charge is -2.23. The van der Waals surface area contributed by atoms with Crippen LogP contribution in [0.4, 0.5) is 5.69 Å².